The molecule has 0 aromatic heterocycles. The van der Waals surface area contributed by atoms with Crippen molar-refractivity contribution < 1.29 is 65.4 Å². The van der Waals surface area contributed by atoms with Crippen molar-refractivity contribution in [3.05, 3.63) is 32.7 Å². The van der Waals surface area contributed by atoms with Gasteiger partial charge in [0.25, 0.3) is 0 Å². The zero-order chi connectivity index (χ0) is 38.0. The fourth-order valence-electron chi connectivity index (χ4n) is 3.13. The van der Waals surface area contributed by atoms with Crippen molar-refractivity contribution in [3.63, 3.8) is 0 Å². The minimum absolute atomic E-state index is 0.407. The maximum atomic E-state index is 14.8. The maximum Gasteiger partial charge on any atom is 0.351 e. The second kappa shape index (κ2) is 18.7. The molecule has 0 aliphatic carbocycles. The molecular formula is C31H48Br2O14P2. The van der Waals surface area contributed by atoms with Gasteiger partial charge >= 0.3 is 39.1 Å². The Kier molecular flexibility index (Phi) is 17.3. The van der Waals surface area contributed by atoms with Crippen LogP contribution < -0.4 is 0 Å². The summed E-state index contributed by atoms with van der Waals surface area (Å²) in [5, 5.41) is -1.90. The molecule has 2 unspecified atom stereocenters. The highest BCUT2D eigenvalue weighted by atomic mass is 79.9. The van der Waals surface area contributed by atoms with Gasteiger partial charge in [-0.15, -0.1) is 0 Å². The summed E-state index contributed by atoms with van der Waals surface area (Å²) >= 11 is 6.77. The van der Waals surface area contributed by atoms with E-state index in [0.29, 0.717) is 14.5 Å². The Balaban J connectivity index is 3.78. The van der Waals surface area contributed by atoms with E-state index in [9.17, 15) is 28.3 Å². The van der Waals surface area contributed by atoms with Crippen molar-refractivity contribution in [3.8, 4) is 0 Å². The van der Waals surface area contributed by atoms with E-state index >= 15 is 0 Å². The minimum Gasteiger partial charge on any atom is -0.438 e. The van der Waals surface area contributed by atoms with Crippen LogP contribution in [0.25, 0.3) is 0 Å². The summed E-state index contributed by atoms with van der Waals surface area (Å²) in [6.45, 7) is 13.6. The van der Waals surface area contributed by atoms with Crippen LogP contribution in [0, 0.1) is 22.2 Å². The summed E-state index contributed by atoms with van der Waals surface area (Å²) in [4.78, 5) is 49.8. The highest BCUT2D eigenvalue weighted by molar-refractivity contribution is 9.13. The lowest BCUT2D eigenvalue weighted by molar-refractivity contribution is -0.162. The van der Waals surface area contributed by atoms with E-state index in [1.54, 1.807) is 94.4 Å². The van der Waals surface area contributed by atoms with Crippen LogP contribution in [0.15, 0.2) is 27.1 Å². The average molecular weight is 866 g/mol. The molecule has 0 radical (unpaired) electrons. The fourth-order valence-corrected chi connectivity index (χ4v) is 8.49. The molecule has 1 aromatic rings. The summed E-state index contributed by atoms with van der Waals surface area (Å²) in [6, 6.07) is 4.87. The number of benzene rings is 1. The zero-order valence-corrected chi connectivity index (χ0v) is 34.7. The first kappa shape index (κ1) is 45.4. The monoisotopic (exact) mass is 864 g/mol. The first-order valence-electron chi connectivity index (χ1n) is 15.1. The highest BCUT2D eigenvalue weighted by Crippen LogP contribution is 2.71. The maximum absolute atomic E-state index is 14.8. The molecule has 280 valence electrons. The van der Waals surface area contributed by atoms with Crippen LogP contribution in [0.1, 0.15) is 81.7 Å². The van der Waals surface area contributed by atoms with E-state index in [0.717, 1.165) is 0 Å². The van der Waals surface area contributed by atoms with E-state index in [1.807, 2.05) is 0 Å². The van der Waals surface area contributed by atoms with Crippen molar-refractivity contribution in [1.82, 2.24) is 0 Å². The van der Waals surface area contributed by atoms with Gasteiger partial charge in [-0.3, -0.25) is 46.4 Å². The number of ether oxygens (including phenoxy) is 4. The number of esters is 4. The molecule has 0 aliphatic rings. The van der Waals surface area contributed by atoms with E-state index in [1.165, 1.54) is 0 Å². The lowest BCUT2D eigenvalue weighted by Gasteiger charge is -2.32. The van der Waals surface area contributed by atoms with E-state index in [4.69, 9.17) is 37.0 Å². The normalized spacial score (nSPS) is 14.5. The van der Waals surface area contributed by atoms with E-state index in [-0.39, 0.29) is 0 Å². The van der Waals surface area contributed by atoms with Crippen LogP contribution >= 0.6 is 47.1 Å². The molecule has 14 nitrogen and oxygen atoms in total. The molecule has 0 saturated carbocycles. The van der Waals surface area contributed by atoms with Crippen LogP contribution in [0.3, 0.4) is 0 Å². The van der Waals surface area contributed by atoms with Gasteiger partial charge in [-0.1, -0.05) is 19.9 Å². The first-order valence-corrected chi connectivity index (χ1v) is 19.9. The van der Waals surface area contributed by atoms with Gasteiger partial charge < -0.3 is 18.9 Å². The second-order valence-corrected chi connectivity index (χ2v) is 20.7. The molecule has 0 aliphatic heterocycles. The Hall–Kier alpha value is -1.64. The molecule has 49 heavy (non-hydrogen) atoms. The highest BCUT2D eigenvalue weighted by Gasteiger charge is 2.53. The third-order valence-corrected chi connectivity index (χ3v) is 13.4. The molecule has 0 spiro atoms. The molecular weight excluding hydrogens is 818 g/mol. The Labute approximate surface area is 305 Å². The summed E-state index contributed by atoms with van der Waals surface area (Å²) in [5.41, 5.74) is -2.51. The fraction of sp³-hybridized carbons (Fsp3) is 0.677. The van der Waals surface area contributed by atoms with Crippen molar-refractivity contribution in [1.29, 1.82) is 0 Å². The van der Waals surface area contributed by atoms with Crippen molar-refractivity contribution in [2.45, 2.75) is 88.0 Å². The number of hydrogen-bond donors (Lipinski definition) is 0. The van der Waals surface area contributed by atoms with E-state index in [2.05, 4.69) is 31.9 Å². The quantitative estimate of drug-likeness (QED) is 0.0632. The SMILES string of the molecule is CC(C)C(=O)OCOP(=O)(OCOC(=O)C(C)(C)C)C(Cc1ccc(Br)c(Br)c1)P(=O)(OCOC(=O)C(C)(C)C)OCOC(=O)C(C)(C)C. The average Bonchev–Trinajstić information content (AvgIpc) is 2.95. The summed E-state index contributed by atoms with van der Waals surface area (Å²) < 4.78 is 73.8. The zero-order valence-electron chi connectivity index (χ0n) is 29.8. The number of carbonyl (C=O) groups is 4. The molecule has 0 N–H and O–H groups in total. The van der Waals surface area contributed by atoms with Crippen molar-refractivity contribution >= 4 is 70.9 Å². The molecule has 1 aromatic carbocycles. The van der Waals surface area contributed by atoms with Gasteiger partial charge in [-0.05, 0) is 118 Å². The third kappa shape index (κ3) is 15.2. The van der Waals surface area contributed by atoms with Gasteiger partial charge in [0.1, 0.15) is 0 Å². The number of rotatable bonds is 17. The van der Waals surface area contributed by atoms with Gasteiger partial charge in [0.05, 0.1) is 22.2 Å². The largest absolute Gasteiger partial charge is 0.438 e. The van der Waals surface area contributed by atoms with Gasteiger partial charge in [0, 0.05) is 8.95 Å². The summed E-state index contributed by atoms with van der Waals surface area (Å²) in [6.07, 6.45) is -0.411. The van der Waals surface area contributed by atoms with Gasteiger partial charge in [0.15, 0.2) is 5.40 Å². The molecule has 1 rings (SSSR count). The topological polar surface area (TPSA) is 176 Å². The molecule has 0 bridgehead atoms. The molecule has 0 saturated heterocycles. The van der Waals surface area contributed by atoms with E-state index < -0.39 is 100 Å². The molecule has 18 heteroatoms. The van der Waals surface area contributed by atoms with Crippen LogP contribution in [0.2, 0.25) is 0 Å². The predicted octanol–water partition coefficient (Wildman–Crippen LogP) is 8.33. The lowest BCUT2D eigenvalue weighted by Crippen LogP contribution is -2.28. The minimum atomic E-state index is -4.92. The van der Waals surface area contributed by atoms with Gasteiger partial charge in [-0.2, -0.15) is 0 Å². The molecule has 0 fully saturated rings. The Morgan fingerprint density at radius 1 is 0.612 bits per heavy atom. The predicted molar refractivity (Wildman–Crippen MR) is 186 cm³/mol. The lowest BCUT2D eigenvalue weighted by atomic mass is 9.98. The number of carbonyl (C=O) groups excluding carboxylic acids is 4. The van der Waals surface area contributed by atoms with Crippen molar-refractivity contribution in [2.75, 3.05) is 27.2 Å². The third-order valence-electron chi connectivity index (χ3n) is 6.14. The Bertz CT molecular complexity index is 1370. The Morgan fingerprint density at radius 3 is 1.27 bits per heavy atom. The van der Waals surface area contributed by atoms with Gasteiger partial charge in [0.2, 0.25) is 27.2 Å². The Morgan fingerprint density at radius 2 is 0.959 bits per heavy atom. The van der Waals surface area contributed by atoms with Crippen LogP contribution in [-0.2, 0) is 71.8 Å². The smallest absolute Gasteiger partial charge is 0.351 e. The van der Waals surface area contributed by atoms with Crippen LogP contribution in [0.4, 0.5) is 0 Å². The first-order chi connectivity index (χ1) is 22.2. The number of halogens is 2. The van der Waals surface area contributed by atoms with Gasteiger partial charge in [-0.25, -0.2) is 0 Å². The number of hydrogen-bond acceptors (Lipinski definition) is 14. The summed E-state index contributed by atoms with van der Waals surface area (Å²) in [5.74, 6) is -3.47. The van der Waals surface area contributed by atoms with Crippen LogP contribution in [-0.4, -0.2) is 56.4 Å². The standard InChI is InChI=1S/C31H48Br2O14P2/c1-20(2)25(34)40-16-44-48(38,45-17-41-26(35)29(3,4)5)24(15-21-12-13-22(32)23(33)14-21)49(39,46-18-42-27(36)30(6,7)8)47-19-43-28(37)31(9,10)11/h12-14,20,24H,15-19H2,1-11H3. The second-order valence-electron chi connectivity index (χ2n) is 14.2. The molecule has 0 heterocycles. The molecule has 0 amide bonds. The molecule has 2 atom stereocenters. The summed E-state index contributed by atoms with van der Waals surface area (Å²) in [7, 11) is -9.82. The van der Waals surface area contributed by atoms with Crippen molar-refractivity contribution in [2.24, 2.45) is 22.2 Å². The van der Waals surface area contributed by atoms with Crippen LogP contribution in [0.5, 0.6) is 0 Å².